The van der Waals surface area contributed by atoms with Crippen LogP contribution >= 0.6 is 11.6 Å². The summed E-state index contributed by atoms with van der Waals surface area (Å²) in [5.74, 6) is -1.07. The van der Waals surface area contributed by atoms with Gasteiger partial charge < -0.3 is 20.5 Å². The normalized spacial score (nSPS) is 17.8. The number of benzene rings is 1. The van der Waals surface area contributed by atoms with Crippen LogP contribution < -0.4 is 15.8 Å². The fraction of sp³-hybridized carbons (Fsp3) is 0.462. The minimum Gasteiger partial charge on any atom is -0.404 e. The number of amides is 1. The Morgan fingerprint density at radius 1 is 1.36 bits per heavy atom. The molecule has 122 valence electrons. The van der Waals surface area contributed by atoms with E-state index in [4.69, 9.17) is 22.1 Å². The number of anilines is 1. The monoisotopic (exact) mass is 338 g/mol. The molecule has 0 aliphatic carbocycles. The van der Waals surface area contributed by atoms with Crippen molar-refractivity contribution in [1.29, 1.82) is 0 Å². The average molecular weight is 339 g/mol. The molecule has 1 aromatic rings. The van der Waals surface area contributed by atoms with E-state index in [2.05, 4.69) is 10.1 Å². The highest BCUT2D eigenvalue weighted by molar-refractivity contribution is 6.32. The Hall–Kier alpha value is -1.67. The van der Waals surface area contributed by atoms with E-state index in [0.717, 1.165) is 6.07 Å². The van der Waals surface area contributed by atoms with Crippen LogP contribution in [0, 0.1) is 0 Å². The minimum atomic E-state index is -4.83. The van der Waals surface area contributed by atoms with Gasteiger partial charge >= 0.3 is 6.36 Å². The maximum Gasteiger partial charge on any atom is 0.573 e. The van der Waals surface area contributed by atoms with Gasteiger partial charge in [0.1, 0.15) is 11.3 Å². The van der Waals surface area contributed by atoms with Gasteiger partial charge in [-0.3, -0.25) is 4.79 Å². The molecule has 1 fully saturated rings. The van der Waals surface area contributed by atoms with Crippen LogP contribution in [0.25, 0.3) is 0 Å². The summed E-state index contributed by atoms with van der Waals surface area (Å²) in [6.45, 7) is 0.720. The lowest BCUT2D eigenvalue weighted by atomic mass is 9.89. The van der Waals surface area contributed by atoms with E-state index >= 15 is 0 Å². The van der Waals surface area contributed by atoms with E-state index in [-0.39, 0.29) is 5.02 Å². The van der Waals surface area contributed by atoms with Crippen molar-refractivity contribution in [2.45, 2.75) is 24.7 Å². The van der Waals surface area contributed by atoms with Crippen molar-refractivity contribution in [1.82, 2.24) is 0 Å². The van der Waals surface area contributed by atoms with Crippen molar-refractivity contribution in [3.63, 3.8) is 0 Å². The van der Waals surface area contributed by atoms with Crippen LogP contribution in [0.5, 0.6) is 5.75 Å². The van der Waals surface area contributed by atoms with Crippen LogP contribution in [-0.4, -0.2) is 31.0 Å². The molecule has 1 aliphatic rings. The summed E-state index contributed by atoms with van der Waals surface area (Å²) in [6.07, 6.45) is -4.10. The van der Waals surface area contributed by atoms with Crippen molar-refractivity contribution in [3.05, 3.63) is 23.2 Å². The van der Waals surface area contributed by atoms with Gasteiger partial charge in [-0.1, -0.05) is 11.6 Å². The summed E-state index contributed by atoms with van der Waals surface area (Å²) in [6, 6.07) is 3.67. The van der Waals surface area contributed by atoms with E-state index in [1.165, 1.54) is 12.1 Å². The van der Waals surface area contributed by atoms with Crippen molar-refractivity contribution >= 4 is 23.2 Å². The van der Waals surface area contributed by atoms with E-state index in [9.17, 15) is 18.0 Å². The summed E-state index contributed by atoms with van der Waals surface area (Å²) < 4.78 is 45.5. The number of rotatable bonds is 4. The molecule has 0 bridgehead atoms. The molecule has 1 amide bonds. The van der Waals surface area contributed by atoms with Gasteiger partial charge in [-0.05, 0) is 18.2 Å². The zero-order valence-corrected chi connectivity index (χ0v) is 12.1. The fourth-order valence-corrected chi connectivity index (χ4v) is 2.43. The second kappa shape index (κ2) is 6.21. The lowest BCUT2D eigenvalue weighted by Crippen LogP contribution is -2.53. The molecule has 1 heterocycles. The van der Waals surface area contributed by atoms with Gasteiger partial charge in [0.15, 0.2) is 0 Å². The molecule has 0 atom stereocenters. The largest absolute Gasteiger partial charge is 0.573 e. The molecular weight excluding hydrogens is 325 g/mol. The van der Waals surface area contributed by atoms with Gasteiger partial charge in [0, 0.05) is 31.7 Å². The van der Waals surface area contributed by atoms with Crippen molar-refractivity contribution in [3.8, 4) is 5.75 Å². The van der Waals surface area contributed by atoms with Crippen molar-refractivity contribution in [2.75, 3.05) is 18.5 Å². The molecule has 2 rings (SSSR count). The Balaban J connectivity index is 2.19. The zero-order valence-electron chi connectivity index (χ0n) is 11.4. The molecule has 0 saturated carbocycles. The average Bonchev–Trinajstić information content (AvgIpc) is 2.41. The smallest absolute Gasteiger partial charge is 0.404 e. The minimum absolute atomic E-state index is 0.228. The number of hydrogen-bond donors (Lipinski definition) is 2. The Labute approximate surface area is 129 Å². The third-order valence-electron chi connectivity index (χ3n) is 3.36. The first-order valence-corrected chi connectivity index (χ1v) is 6.81. The zero-order chi connectivity index (χ0) is 16.4. The van der Waals surface area contributed by atoms with Crippen LogP contribution in [0.1, 0.15) is 12.8 Å². The molecule has 0 radical (unpaired) electrons. The van der Waals surface area contributed by atoms with Gasteiger partial charge in [0.25, 0.3) is 0 Å². The number of ether oxygens (including phenoxy) is 2. The van der Waals surface area contributed by atoms with E-state index in [1.54, 1.807) is 0 Å². The number of carbonyl (C=O) groups is 1. The Morgan fingerprint density at radius 3 is 2.50 bits per heavy atom. The number of halogens is 4. The Morgan fingerprint density at radius 2 is 2.00 bits per heavy atom. The number of carbonyl (C=O) groups excluding carboxylic acids is 1. The first kappa shape index (κ1) is 16.7. The van der Waals surface area contributed by atoms with Gasteiger partial charge in [-0.2, -0.15) is 0 Å². The molecule has 1 saturated heterocycles. The quantitative estimate of drug-likeness (QED) is 0.885. The first-order valence-electron chi connectivity index (χ1n) is 6.43. The topological polar surface area (TPSA) is 73.6 Å². The molecular formula is C13H14ClF3N2O3. The predicted octanol–water partition coefficient (Wildman–Crippen LogP) is 2.69. The molecule has 1 aliphatic heterocycles. The number of nitrogens with two attached hydrogens (primary N) is 1. The molecule has 0 spiro atoms. The SMILES string of the molecule is NC(=O)C1(Nc2ccc(OC(F)(F)F)c(Cl)c2)CCOCC1. The third kappa shape index (κ3) is 3.95. The van der Waals surface area contributed by atoms with E-state index in [0.29, 0.717) is 31.7 Å². The maximum absolute atomic E-state index is 12.2. The molecule has 1 aromatic carbocycles. The van der Waals surface area contributed by atoms with Crippen molar-refractivity contribution < 1.29 is 27.4 Å². The molecule has 0 unspecified atom stereocenters. The fourth-order valence-electron chi connectivity index (χ4n) is 2.22. The molecule has 3 N–H and O–H groups in total. The maximum atomic E-state index is 12.2. The second-order valence-electron chi connectivity index (χ2n) is 4.88. The summed E-state index contributed by atoms with van der Waals surface area (Å²) >= 11 is 5.77. The Bertz CT molecular complexity index is 560. The van der Waals surface area contributed by atoms with Gasteiger partial charge in [0.05, 0.1) is 5.02 Å². The number of alkyl halides is 3. The lowest BCUT2D eigenvalue weighted by Gasteiger charge is -2.36. The van der Waals surface area contributed by atoms with E-state index < -0.39 is 23.6 Å². The van der Waals surface area contributed by atoms with Gasteiger partial charge in [-0.25, -0.2) is 0 Å². The standard InChI is InChI=1S/C13H14ClF3N2O3/c14-9-7-8(1-2-10(9)22-13(15,16)17)19-12(11(18)20)3-5-21-6-4-12/h1-2,7,19H,3-6H2,(H2,18,20). The van der Waals surface area contributed by atoms with Crippen LogP contribution in [0.4, 0.5) is 18.9 Å². The van der Waals surface area contributed by atoms with Gasteiger partial charge in [0.2, 0.25) is 5.91 Å². The second-order valence-corrected chi connectivity index (χ2v) is 5.28. The summed E-state index contributed by atoms with van der Waals surface area (Å²) in [4.78, 5) is 11.7. The summed E-state index contributed by atoms with van der Waals surface area (Å²) in [7, 11) is 0. The van der Waals surface area contributed by atoms with E-state index in [1.807, 2.05) is 0 Å². The third-order valence-corrected chi connectivity index (χ3v) is 3.65. The lowest BCUT2D eigenvalue weighted by molar-refractivity contribution is -0.274. The number of primary amides is 1. The summed E-state index contributed by atoms with van der Waals surface area (Å²) in [5.41, 5.74) is 4.81. The molecule has 22 heavy (non-hydrogen) atoms. The number of nitrogens with one attached hydrogen (secondary N) is 1. The Kier molecular flexibility index (Phi) is 4.72. The molecule has 5 nitrogen and oxygen atoms in total. The highest BCUT2D eigenvalue weighted by Gasteiger charge is 2.38. The number of hydrogen-bond acceptors (Lipinski definition) is 4. The van der Waals surface area contributed by atoms with Crippen molar-refractivity contribution in [2.24, 2.45) is 5.73 Å². The summed E-state index contributed by atoms with van der Waals surface area (Å²) in [5, 5.41) is 2.72. The van der Waals surface area contributed by atoms with Gasteiger partial charge in [-0.15, -0.1) is 13.2 Å². The highest BCUT2D eigenvalue weighted by atomic mass is 35.5. The van der Waals surface area contributed by atoms with Crippen LogP contribution in [-0.2, 0) is 9.53 Å². The van der Waals surface area contributed by atoms with Crippen LogP contribution in [0.15, 0.2) is 18.2 Å². The molecule has 9 heteroatoms. The first-order chi connectivity index (χ1) is 10.2. The highest BCUT2D eigenvalue weighted by Crippen LogP contribution is 2.34. The molecule has 0 aromatic heterocycles. The van der Waals surface area contributed by atoms with Crippen LogP contribution in [0.3, 0.4) is 0 Å². The predicted molar refractivity (Wildman–Crippen MR) is 73.7 cm³/mol. The van der Waals surface area contributed by atoms with Crippen LogP contribution in [0.2, 0.25) is 5.02 Å².